The molecule has 0 radical (unpaired) electrons. The topological polar surface area (TPSA) is 111 Å². The molecule has 11 heteroatoms. The maximum absolute atomic E-state index is 13.7. The Labute approximate surface area is 180 Å². The van der Waals surface area contributed by atoms with Crippen molar-refractivity contribution in [2.24, 2.45) is 13.0 Å². The number of carbonyl (C=O) groups excluding carboxylic acids is 2. The number of benzene rings is 1. The average Bonchev–Trinajstić information content (AvgIpc) is 3.09. The minimum absolute atomic E-state index is 0.00123. The molecule has 1 aliphatic rings. The fourth-order valence-electron chi connectivity index (χ4n) is 3.24. The van der Waals surface area contributed by atoms with Crippen molar-refractivity contribution in [1.29, 1.82) is 0 Å². The Morgan fingerprint density at radius 1 is 1.26 bits per heavy atom. The third-order valence-corrected chi connectivity index (χ3v) is 7.04. The summed E-state index contributed by atoms with van der Waals surface area (Å²) in [5, 5.41) is 2.36. The van der Waals surface area contributed by atoms with Crippen molar-refractivity contribution in [1.82, 2.24) is 13.9 Å². The maximum atomic E-state index is 13.7. The summed E-state index contributed by atoms with van der Waals surface area (Å²) >= 11 is 0. The third-order valence-electron chi connectivity index (χ3n) is 5.27. The lowest BCUT2D eigenvalue weighted by Crippen LogP contribution is -2.41. The summed E-state index contributed by atoms with van der Waals surface area (Å²) in [5.41, 5.74) is -0.00123. The maximum Gasteiger partial charge on any atom is 0.309 e. The van der Waals surface area contributed by atoms with Gasteiger partial charge in [0, 0.05) is 26.3 Å². The summed E-state index contributed by atoms with van der Waals surface area (Å²) in [5.74, 6) is -1.77. The molecule has 0 aliphatic carbocycles. The summed E-state index contributed by atoms with van der Waals surface area (Å²) < 4.78 is 47.3. The van der Waals surface area contributed by atoms with Gasteiger partial charge in [-0.2, -0.15) is 4.31 Å². The number of ether oxygens (including phenoxy) is 1. The van der Waals surface area contributed by atoms with Gasteiger partial charge < -0.3 is 14.6 Å². The van der Waals surface area contributed by atoms with E-state index in [0.717, 1.165) is 0 Å². The van der Waals surface area contributed by atoms with Crippen molar-refractivity contribution < 1.29 is 27.1 Å². The normalized spacial score (nSPS) is 16.6. The van der Waals surface area contributed by atoms with Gasteiger partial charge >= 0.3 is 5.97 Å². The van der Waals surface area contributed by atoms with Gasteiger partial charge in [-0.05, 0) is 38.8 Å². The number of hydrogen-bond donors (Lipinski definition) is 1. The largest absolute Gasteiger partial charge is 0.452 e. The molecule has 1 saturated heterocycles. The molecule has 1 aliphatic heterocycles. The first-order valence-electron chi connectivity index (χ1n) is 9.85. The Bertz CT molecular complexity index is 1060. The van der Waals surface area contributed by atoms with Crippen LogP contribution in [0.4, 0.5) is 10.1 Å². The predicted octanol–water partition coefficient (Wildman–Crippen LogP) is 1.84. The molecule has 1 amide bonds. The Morgan fingerprint density at radius 2 is 1.90 bits per heavy atom. The third kappa shape index (κ3) is 5.10. The number of nitrogens with zero attached hydrogens (tertiary/aromatic N) is 3. The van der Waals surface area contributed by atoms with Crippen LogP contribution >= 0.6 is 0 Å². The molecule has 168 valence electrons. The number of aromatic nitrogens is 2. The monoisotopic (exact) mass is 452 g/mol. The number of halogens is 1. The molecule has 2 heterocycles. The van der Waals surface area contributed by atoms with E-state index in [0.29, 0.717) is 5.82 Å². The predicted molar refractivity (Wildman–Crippen MR) is 110 cm³/mol. The van der Waals surface area contributed by atoms with Crippen LogP contribution < -0.4 is 5.32 Å². The van der Waals surface area contributed by atoms with Crippen molar-refractivity contribution >= 4 is 27.6 Å². The fourth-order valence-corrected chi connectivity index (χ4v) is 4.73. The van der Waals surface area contributed by atoms with Gasteiger partial charge in [-0.1, -0.05) is 12.1 Å². The molecule has 9 nitrogen and oxygen atoms in total. The number of sulfonamides is 1. The van der Waals surface area contributed by atoms with Crippen LogP contribution in [0.3, 0.4) is 0 Å². The molecular formula is C20H25FN4O5S. The van der Waals surface area contributed by atoms with Crippen molar-refractivity contribution in [2.75, 3.05) is 18.4 Å². The van der Waals surface area contributed by atoms with Gasteiger partial charge in [0.05, 0.1) is 11.6 Å². The Kier molecular flexibility index (Phi) is 6.75. The molecule has 1 atom stereocenters. The van der Waals surface area contributed by atoms with Gasteiger partial charge in [-0.25, -0.2) is 17.8 Å². The lowest BCUT2D eigenvalue weighted by molar-refractivity contribution is -0.158. The fraction of sp³-hybridized carbons (Fsp3) is 0.450. The summed E-state index contributed by atoms with van der Waals surface area (Å²) in [7, 11) is -2.02. The lowest BCUT2D eigenvalue weighted by Gasteiger charge is -2.30. The highest BCUT2D eigenvalue weighted by molar-refractivity contribution is 7.89. The Morgan fingerprint density at radius 3 is 2.48 bits per heavy atom. The second-order valence-electron chi connectivity index (χ2n) is 7.46. The summed E-state index contributed by atoms with van der Waals surface area (Å²) in [6, 6.07) is 5.68. The molecule has 1 aromatic carbocycles. The van der Waals surface area contributed by atoms with E-state index in [2.05, 4.69) is 10.3 Å². The van der Waals surface area contributed by atoms with E-state index in [1.165, 1.54) is 35.6 Å². The van der Waals surface area contributed by atoms with Crippen LogP contribution in [0.25, 0.3) is 0 Å². The van der Waals surface area contributed by atoms with E-state index < -0.39 is 39.7 Å². The number of carbonyl (C=O) groups is 2. The minimum Gasteiger partial charge on any atom is -0.452 e. The molecule has 0 saturated carbocycles. The SMILES string of the molecule is Cc1nc(S(=O)(=O)N2CCC(C(=O)OC(C)C(=O)Nc3ccccc3F)CC2)cn1C. The average molecular weight is 453 g/mol. The van der Waals surface area contributed by atoms with Gasteiger partial charge in [-0.15, -0.1) is 0 Å². The molecule has 1 fully saturated rings. The molecular weight excluding hydrogens is 427 g/mol. The highest BCUT2D eigenvalue weighted by Gasteiger charge is 2.35. The molecule has 1 N–H and O–H groups in total. The number of imidazole rings is 1. The van der Waals surface area contributed by atoms with Crippen molar-refractivity contribution in [3.63, 3.8) is 0 Å². The minimum atomic E-state index is -3.74. The molecule has 31 heavy (non-hydrogen) atoms. The van der Waals surface area contributed by atoms with E-state index in [1.54, 1.807) is 24.6 Å². The molecule has 3 rings (SSSR count). The van der Waals surface area contributed by atoms with Gasteiger partial charge in [0.25, 0.3) is 15.9 Å². The Hall–Kier alpha value is -2.79. The van der Waals surface area contributed by atoms with Crippen LogP contribution in [0, 0.1) is 18.7 Å². The summed E-state index contributed by atoms with van der Waals surface area (Å²) in [4.78, 5) is 28.7. The van der Waals surface area contributed by atoms with Crippen LogP contribution in [-0.2, 0) is 31.4 Å². The van der Waals surface area contributed by atoms with E-state index in [1.807, 2.05) is 0 Å². The van der Waals surface area contributed by atoms with Gasteiger partial charge in [-0.3, -0.25) is 9.59 Å². The first-order valence-corrected chi connectivity index (χ1v) is 11.3. The second-order valence-corrected chi connectivity index (χ2v) is 9.35. The van der Waals surface area contributed by atoms with E-state index in [4.69, 9.17) is 4.74 Å². The molecule has 1 unspecified atom stereocenters. The lowest BCUT2D eigenvalue weighted by atomic mass is 9.98. The quantitative estimate of drug-likeness (QED) is 0.670. The first kappa shape index (κ1) is 22.9. The van der Waals surface area contributed by atoms with Crippen LogP contribution in [0.1, 0.15) is 25.6 Å². The van der Waals surface area contributed by atoms with Crippen LogP contribution in [0.5, 0.6) is 0 Å². The number of hydrogen-bond acceptors (Lipinski definition) is 6. The Balaban J connectivity index is 1.54. The second kappa shape index (κ2) is 9.15. The summed E-state index contributed by atoms with van der Waals surface area (Å²) in [6.07, 6.45) is 0.878. The molecule has 1 aromatic heterocycles. The molecule has 0 spiro atoms. The van der Waals surface area contributed by atoms with Crippen molar-refractivity contribution in [3.8, 4) is 0 Å². The highest BCUT2D eigenvalue weighted by Crippen LogP contribution is 2.25. The number of amides is 1. The van der Waals surface area contributed by atoms with E-state index >= 15 is 0 Å². The van der Waals surface area contributed by atoms with Crippen molar-refractivity contribution in [3.05, 3.63) is 42.1 Å². The number of aryl methyl sites for hydroxylation is 2. The van der Waals surface area contributed by atoms with Crippen molar-refractivity contribution in [2.45, 2.75) is 37.8 Å². The van der Waals surface area contributed by atoms with Gasteiger partial charge in [0.2, 0.25) is 0 Å². The van der Waals surface area contributed by atoms with Crippen LogP contribution in [0.15, 0.2) is 35.5 Å². The van der Waals surface area contributed by atoms with Crippen LogP contribution in [-0.4, -0.2) is 53.3 Å². The first-order chi connectivity index (χ1) is 14.6. The molecule has 2 aromatic rings. The number of rotatable bonds is 6. The van der Waals surface area contributed by atoms with Gasteiger partial charge in [0.1, 0.15) is 11.6 Å². The summed E-state index contributed by atoms with van der Waals surface area (Å²) in [6.45, 7) is 3.41. The van der Waals surface area contributed by atoms with Crippen LogP contribution in [0.2, 0.25) is 0 Å². The number of piperidine rings is 1. The number of anilines is 1. The standard InChI is InChI=1S/C20H25FN4O5S/c1-13(19(26)23-17-7-5-4-6-16(17)21)30-20(27)15-8-10-25(11-9-15)31(28,29)18-12-24(3)14(2)22-18/h4-7,12-13,15H,8-11H2,1-3H3,(H,23,26). The zero-order valence-electron chi connectivity index (χ0n) is 17.5. The van der Waals surface area contributed by atoms with Gasteiger partial charge in [0.15, 0.2) is 11.1 Å². The number of nitrogens with one attached hydrogen (secondary N) is 1. The zero-order chi connectivity index (χ0) is 22.8. The molecule has 0 bridgehead atoms. The number of para-hydroxylation sites is 1. The smallest absolute Gasteiger partial charge is 0.309 e. The zero-order valence-corrected chi connectivity index (χ0v) is 18.4. The van der Waals surface area contributed by atoms with E-state index in [-0.39, 0.29) is 36.6 Å². The number of esters is 1. The highest BCUT2D eigenvalue weighted by atomic mass is 32.2. The van der Waals surface area contributed by atoms with E-state index in [9.17, 15) is 22.4 Å².